The van der Waals surface area contributed by atoms with Crippen molar-refractivity contribution in [2.24, 2.45) is 0 Å². The summed E-state index contributed by atoms with van der Waals surface area (Å²) >= 11 is 5.93. The lowest BCUT2D eigenvalue weighted by Gasteiger charge is -2.05. The summed E-state index contributed by atoms with van der Waals surface area (Å²) in [6.45, 7) is 2.63. The Hall–Kier alpha value is -2.27. The van der Waals surface area contributed by atoms with Gasteiger partial charge in [-0.15, -0.1) is 0 Å². The highest BCUT2D eigenvalue weighted by Crippen LogP contribution is 2.17. The summed E-state index contributed by atoms with van der Waals surface area (Å²) in [6, 6.07) is 9.24. The van der Waals surface area contributed by atoms with Gasteiger partial charge in [0.05, 0.1) is 16.1 Å². The second-order valence-corrected chi connectivity index (χ2v) is 4.82. The Balaban J connectivity index is 1.88. The van der Waals surface area contributed by atoms with Gasteiger partial charge >= 0.3 is 0 Å². The maximum absolute atomic E-state index is 12.2. The highest BCUT2D eigenvalue weighted by atomic mass is 35.5. The van der Waals surface area contributed by atoms with Crippen molar-refractivity contribution in [2.45, 2.75) is 13.5 Å². The number of H-pyrrole nitrogens is 1. The van der Waals surface area contributed by atoms with Crippen LogP contribution in [-0.4, -0.2) is 20.4 Å². The number of carbonyl (C=O) groups is 1. The van der Waals surface area contributed by atoms with E-state index in [0.29, 0.717) is 23.2 Å². The van der Waals surface area contributed by atoms with Gasteiger partial charge in [0.1, 0.15) is 5.69 Å². The van der Waals surface area contributed by atoms with Gasteiger partial charge in [0.25, 0.3) is 5.91 Å². The van der Waals surface area contributed by atoms with Crippen LogP contribution in [0.3, 0.4) is 0 Å². The van der Waals surface area contributed by atoms with E-state index in [1.165, 1.54) is 0 Å². The van der Waals surface area contributed by atoms with Gasteiger partial charge in [0, 0.05) is 12.7 Å². The highest BCUT2D eigenvalue weighted by Gasteiger charge is 2.14. The van der Waals surface area contributed by atoms with E-state index in [1.54, 1.807) is 16.8 Å². The van der Waals surface area contributed by atoms with Crippen LogP contribution in [0.5, 0.6) is 0 Å². The molecule has 0 unspecified atom stereocenters. The number of aryl methyl sites for hydroxylation is 1. The molecule has 2 N–H and O–H groups in total. The largest absolute Gasteiger partial charge is 0.342 e. The van der Waals surface area contributed by atoms with Crippen molar-refractivity contribution in [2.75, 3.05) is 5.32 Å². The van der Waals surface area contributed by atoms with E-state index in [2.05, 4.69) is 15.3 Å². The third kappa shape index (κ3) is 2.28. The molecule has 1 aromatic carbocycles. The number of nitrogens with zero attached hydrogens (tertiary/aromatic N) is 2. The molecular formula is C14H13ClN4O. The van der Waals surface area contributed by atoms with Crippen molar-refractivity contribution in [3.63, 3.8) is 0 Å². The summed E-state index contributed by atoms with van der Waals surface area (Å²) in [5.74, 6) is 0.189. The molecular weight excluding hydrogens is 276 g/mol. The monoisotopic (exact) mass is 288 g/mol. The smallest absolute Gasteiger partial charge is 0.274 e. The molecule has 102 valence electrons. The number of aromatic nitrogens is 3. The molecule has 2 heterocycles. The van der Waals surface area contributed by atoms with Crippen molar-refractivity contribution < 1.29 is 4.79 Å². The van der Waals surface area contributed by atoms with E-state index in [4.69, 9.17) is 11.6 Å². The Morgan fingerprint density at radius 1 is 1.45 bits per heavy atom. The van der Waals surface area contributed by atoms with E-state index in [1.807, 2.05) is 31.2 Å². The third-order valence-corrected chi connectivity index (χ3v) is 3.26. The molecule has 0 aliphatic rings. The van der Waals surface area contributed by atoms with E-state index < -0.39 is 0 Å². The van der Waals surface area contributed by atoms with Crippen molar-refractivity contribution >= 4 is 34.5 Å². The summed E-state index contributed by atoms with van der Waals surface area (Å²) < 4.78 is 1.79. The maximum atomic E-state index is 12.2. The second kappa shape index (κ2) is 5.02. The topological polar surface area (TPSA) is 62.7 Å². The Bertz CT molecular complexity index is 741. The third-order valence-electron chi connectivity index (χ3n) is 3.06. The number of nitrogens with one attached hydrogen (secondary N) is 2. The average molecular weight is 289 g/mol. The molecule has 0 saturated carbocycles. The second-order valence-electron chi connectivity index (χ2n) is 4.39. The molecule has 3 rings (SSSR count). The predicted molar refractivity (Wildman–Crippen MR) is 79.2 cm³/mol. The first-order chi connectivity index (χ1) is 9.67. The van der Waals surface area contributed by atoms with Gasteiger partial charge < -0.3 is 9.55 Å². The molecule has 6 heteroatoms. The summed E-state index contributed by atoms with van der Waals surface area (Å²) in [4.78, 5) is 19.6. The number of halogens is 1. The first-order valence-electron chi connectivity index (χ1n) is 6.29. The molecule has 2 aromatic heterocycles. The number of anilines is 1. The molecule has 0 fully saturated rings. The van der Waals surface area contributed by atoms with E-state index in [9.17, 15) is 4.79 Å². The van der Waals surface area contributed by atoms with Crippen molar-refractivity contribution in [3.8, 4) is 0 Å². The lowest BCUT2D eigenvalue weighted by atomic mass is 10.3. The minimum absolute atomic E-state index is 0.238. The average Bonchev–Trinajstić information content (AvgIpc) is 3.00. The Kier molecular flexibility index (Phi) is 3.20. The number of aromatic amines is 1. The molecule has 0 saturated heterocycles. The van der Waals surface area contributed by atoms with Crippen LogP contribution in [0.25, 0.3) is 11.0 Å². The first kappa shape index (κ1) is 12.7. The molecule has 0 atom stereocenters. The van der Waals surface area contributed by atoms with Crippen molar-refractivity contribution in [3.05, 3.63) is 47.2 Å². The summed E-state index contributed by atoms with van der Waals surface area (Å²) in [6.07, 6.45) is 1.73. The van der Waals surface area contributed by atoms with E-state index in [-0.39, 0.29) is 5.91 Å². The summed E-state index contributed by atoms with van der Waals surface area (Å²) in [7, 11) is 0. The standard InChI is InChI=1S/C14H13ClN4O/c1-2-19-8-9(15)7-12(19)13(20)18-14-16-10-5-3-4-6-11(10)17-14/h3-8H,2H2,1H3,(H2,16,17,18,20). The molecule has 3 aromatic rings. The Morgan fingerprint density at radius 3 is 3.00 bits per heavy atom. The number of hydrogen-bond acceptors (Lipinski definition) is 2. The van der Waals surface area contributed by atoms with Gasteiger partial charge in [-0.2, -0.15) is 0 Å². The molecule has 0 spiro atoms. The fourth-order valence-corrected chi connectivity index (χ4v) is 2.33. The van der Waals surface area contributed by atoms with Crippen molar-refractivity contribution in [1.82, 2.24) is 14.5 Å². The highest BCUT2D eigenvalue weighted by molar-refractivity contribution is 6.31. The van der Waals surface area contributed by atoms with Crippen LogP contribution >= 0.6 is 11.6 Å². The van der Waals surface area contributed by atoms with Crippen LogP contribution in [0.15, 0.2) is 36.5 Å². The zero-order chi connectivity index (χ0) is 14.1. The van der Waals surface area contributed by atoms with Crippen LogP contribution in [0, 0.1) is 0 Å². The van der Waals surface area contributed by atoms with Gasteiger partial charge in [-0.05, 0) is 25.1 Å². The van der Waals surface area contributed by atoms with Crippen LogP contribution in [0.4, 0.5) is 5.95 Å². The van der Waals surface area contributed by atoms with Gasteiger partial charge in [-0.25, -0.2) is 4.98 Å². The quantitative estimate of drug-likeness (QED) is 0.777. The van der Waals surface area contributed by atoms with Gasteiger partial charge in [0.2, 0.25) is 5.95 Å². The predicted octanol–water partition coefficient (Wildman–Crippen LogP) is 3.29. The zero-order valence-corrected chi connectivity index (χ0v) is 11.6. The van der Waals surface area contributed by atoms with Crippen LogP contribution < -0.4 is 5.32 Å². The molecule has 1 amide bonds. The number of imidazole rings is 1. The molecule has 0 aliphatic carbocycles. The van der Waals surface area contributed by atoms with E-state index in [0.717, 1.165) is 11.0 Å². The minimum Gasteiger partial charge on any atom is -0.342 e. The summed E-state index contributed by atoms with van der Waals surface area (Å²) in [5.41, 5.74) is 2.20. The van der Waals surface area contributed by atoms with Gasteiger partial charge in [0.15, 0.2) is 0 Å². The Labute approximate surface area is 120 Å². The Morgan fingerprint density at radius 2 is 2.25 bits per heavy atom. The fourth-order valence-electron chi connectivity index (χ4n) is 2.11. The first-order valence-corrected chi connectivity index (χ1v) is 6.67. The van der Waals surface area contributed by atoms with Gasteiger partial charge in [-0.1, -0.05) is 23.7 Å². The molecule has 20 heavy (non-hydrogen) atoms. The van der Waals surface area contributed by atoms with Crippen LogP contribution in [0.2, 0.25) is 5.02 Å². The number of carbonyl (C=O) groups excluding carboxylic acids is 1. The number of fused-ring (bicyclic) bond motifs is 1. The van der Waals surface area contributed by atoms with Crippen LogP contribution in [-0.2, 0) is 6.54 Å². The lowest BCUT2D eigenvalue weighted by Crippen LogP contribution is -2.17. The number of para-hydroxylation sites is 2. The molecule has 5 nitrogen and oxygen atoms in total. The summed E-state index contributed by atoms with van der Waals surface area (Å²) in [5, 5.41) is 3.29. The number of hydrogen-bond donors (Lipinski definition) is 2. The molecule has 0 radical (unpaired) electrons. The number of rotatable bonds is 3. The SMILES string of the molecule is CCn1cc(Cl)cc1C(=O)Nc1nc2ccccc2[nH]1. The number of benzene rings is 1. The van der Waals surface area contributed by atoms with Crippen LogP contribution in [0.1, 0.15) is 17.4 Å². The fraction of sp³-hybridized carbons (Fsp3) is 0.143. The van der Waals surface area contributed by atoms with Gasteiger partial charge in [-0.3, -0.25) is 10.1 Å². The number of amides is 1. The van der Waals surface area contributed by atoms with E-state index >= 15 is 0 Å². The zero-order valence-electron chi connectivity index (χ0n) is 10.9. The lowest BCUT2D eigenvalue weighted by molar-refractivity contribution is 0.101. The normalized spacial score (nSPS) is 10.9. The molecule has 0 aliphatic heterocycles. The minimum atomic E-state index is -0.238. The van der Waals surface area contributed by atoms with Crippen molar-refractivity contribution in [1.29, 1.82) is 0 Å². The molecule has 0 bridgehead atoms. The maximum Gasteiger partial charge on any atom is 0.274 e.